The Kier molecular flexibility index (Phi) is 6.93. The van der Waals surface area contributed by atoms with Crippen LogP contribution in [-0.4, -0.2) is 33.5 Å². The molecular formula is C15H20O3. The van der Waals surface area contributed by atoms with E-state index in [4.69, 9.17) is 14.2 Å². The van der Waals surface area contributed by atoms with Crippen molar-refractivity contribution in [3.05, 3.63) is 34.9 Å². The molecule has 0 N–H and O–H groups in total. The smallest absolute Gasteiger partial charge is 0.123 e. The van der Waals surface area contributed by atoms with Crippen molar-refractivity contribution in [3.63, 3.8) is 0 Å². The fourth-order valence-corrected chi connectivity index (χ4v) is 1.54. The van der Waals surface area contributed by atoms with Gasteiger partial charge in [-0.2, -0.15) is 0 Å². The maximum atomic E-state index is 5.25. The van der Waals surface area contributed by atoms with Crippen LogP contribution in [0.1, 0.15) is 16.7 Å². The molecule has 0 amide bonds. The van der Waals surface area contributed by atoms with Crippen molar-refractivity contribution < 1.29 is 14.2 Å². The van der Waals surface area contributed by atoms with Crippen molar-refractivity contribution in [3.8, 4) is 12.0 Å². The molecule has 0 heterocycles. The summed E-state index contributed by atoms with van der Waals surface area (Å²) >= 11 is 0. The van der Waals surface area contributed by atoms with Gasteiger partial charge in [-0.1, -0.05) is 6.07 Å². The summed E-state index contributed by atoms with van der Waals surface area (Å²) in [7, 11) is 1.65. The Balaban J connectivity index is 2.24. The van der Waals surface area contributed by atoms with Gasteiger partial charge in [0, 0.05) is 12.7 Å². The van der Waals surface area contributed by atoms with E-state index in [-0.39, 0.29) is 0 Å². The summed E-state index contributed by atoms with van der Waals surface area (Å²) in [6.45, 7) is 6.32. The molecule has 0 saturated carbocycles. The van der Waals surface area contributed by atoms with Crippen LogP contribution in [0.2, 0.25) is 0 Å². The first-order chi connectivity index (χ1) is 8.72. The predicted molar refractivity (Wildman–Crippen MR) is 71.4 cm³/mol. The number of rotatable bonds is 6. The van der Waals surface area contributed by atoms with Crippen molar-refractivity contribution in [2.45, 2.75) is 13.8 Å². The largest absolute Gasteiger partial charge is 0.444 e. The predicted octanol–water partition coefficient (Wildman–Crippen LogP) is 2.29. The fraction of sp³-hybridized carbons (Fsp3) is 0.467. The van der Waals surface area contributed by atoms with Crippen molar-refractivity contribution in [1.29, 1.82) is 0 Å². The Morgan fingerprint density at radius 1 is 0.944 bits per heavy atom. The molecule has 0 aliphatic carbocycles. The first-order valence-corrected chi connectivity index (χ1v) is 6.00. The number of methoxy groups -OCH3 is 1. The van der Waals surface area contributed by atoms with E-state index in [1.165, 1.54) is 11.1 Å². The summed E-state index contributed by atoms with van der Waals surface area (Å²) in [6.07, 6.45) is 2.69. The highest BCUT2D eigenvalue weighted by atomic mass is 16.5. The highest BCUT2D eigenvalue weighted by Crippen LogP contribution is 2.07. The molecule has 98 valence electrons. The SMILES string of the molecule is COCCOCCOC#Cc1cc(C)cc(C)c1. The first kappa shape index (κ1) is 14.6. The lowest BCUT2D eigenvalue weighted by Crippen LogP contribution is -2.06. The van der Waals surface area contributed by atoms with E-state index in [2.05, 4.69) is 31.9 Å². The normalized spacial score (nSPS) is 9.72. The van der Waals surface area contributed by atoms with Crippen LogP contribution in [0.15, 0.2) is 18.2 Å². The summed E-state index contributed by atoms with van der Waals surface area (Å²) in [5, 5.41) is 0. The van der Waals surface area contributed by atoms with Gasteiger partial charge in [-0.3, -0.25) is 0 Å². The summed E-state index contributed by atoms with van der Waals surface area (Å²) in [5.41, 5.74) is 3.40. The maximum Gasteiger partial charge on any atom is 0.123 e. The second-order valence-corrected chi connectivity index (χ2v) is 4.06. The third kappa shape index (κ3) is 6.29. The van der Waals surface area contributed by atoms with Crippen LogP contribution in [0.5, 0.6) is 0 Å². The Morgan fingerprint density at radius 3 is 2.28 bits per heavy atom. The summed E-state index contributed by atoms with van der Waals surface area (Å²) in [4.78, 5) is 0. The molecule has 0 unspecified atom stereocenters. The van der Waals surface area contributed by atoms with Gasteiger partial charge in [0.2, 0.25) is 0 Å². The monoisotopic (exact) mass is 248 g/mol. The Labute approximate surface area is 109 Å². The van der Waals surface area contributed by atoms with E-state index < -0.39 is 0 Å². The molecule has 0 aliphatic heterocycles. The molecule has 1 aromatic carbocycles. The highest BCUT2D eigenvalue weighted by Gasteiger charge is 1.92. The van der Waals surface area contributed by atoms with E-state index in [1.807, 2.05) is 12.1 Å². The molecule has 3 nitrogen and oxygen atoms in total. The highest BCUT2D eigenvalue weighted by molar-refractivity contribution is 5.39. The quantitative estimate of drug-likeness (QED) is 0.571. The van der Waals surface area contributed by atoms with Gasteiger partial charge in [0.1, 0.15) is 12.7 Å². The van der Waals surface area contributed by atoms with Gasteiger partial charge in [-0.25, -0.2) is 0 Å². The molecule has 0 fully saturated rings. The van der Waals surface area contributed by atoms with Crippen molar-refractivity contribution in [1.82, 2.24) is 0 Å². The van der Waals surface area contributed by atoms with Gasteiger partial charge >= 0.3 is 0 Å². The van der Waals surface area contributed by atoms with Crippen molar-refractivity contribution >= 4 is 0 Å². The minimum atomic E-state index is 0.474. The van der Waals surface area contributed by atoms with E-state index in [0.29, 0.717) is 26.4 Å². The number of hydrogen-bond donors (Lipinski definition) is 0. The number of aryl methyl sites for hydroxylation is 2. The number of ether oxygens (including phenoxy) is 3. The van der Waals surface area contributed by atoms with Crippen LogP contribution < -0.4 is 0 Å². The Morgan fingerprint density at radius 2 is 1.61 bits per heavy atom. The summed E-state index contributed by atoms with van der Waals surface area (Å²) in [5.74, 6) is 2.98. The van der Waals surface area contributed by atoms with Gasteiger partial charge in [0.05, 0.1) is 19.8 Å². The zero-order valence-electron chi connectivity index (χ0n) is 11.3. The minimum Gasteiger partial charge on any atom is -0.444 e. The second-order valence-electron chi connectivity index (χ2n) is 4.06. The average molecular weight is 248 g/mol. The van der Waals surface area contributed by atoms with E-state index >= 15 is 0 Å². The zero-order chi connectivity index (χ0) is 13.2. The maximum absolute atomic E-state index is 5.25. The van der Waals surface area contributed by atoms with Gasteiger partial charge in [0.15, 0.2) is 0 Å². The molecule has 1 aromatic rings. The molecule has 0 saturated heterocycles. The molecule has 0 radical (unpaired) electrons. The Hall–Kier alpha value is -1.50. The lowest BCUT2D eigenvalue weighted by Gasteiger charge is -2.01. The van der Waals surface area contributed by atoms with Gasteiger partial charge < -0.3 is 14.2 Å². The van der Waals surface area contributed by atoms with Crippen LogP contribution in [0.25, 0.3) is 0 Å². The summed E-state index contributed by atoms with van der Waals surface area (Å²) in [6, 6.07) is 6.20. The van der Waals surface area contributed by atoms with Crippen LogP contribution in [0, 0.1) is 25.9 Å². The van der Waals surface area contributed by atoms with Gasteiger partial charge in [0.25, 0.3) is 0 Å². The third-order valence-corrected chi connectivity index (χ3v) is 2.25. The van der Waals surface area contributed by atoms with E-state index in [1.54, 1.807) is 7.11 Å². The lowest BCUT2D eigenvalue weighted by molar-refractivity contribution is 0.0496. The van der Waals surface area contributed by atoms with E-state index in [0.717, 1.165) is 5.56 Å². The first-order valence-electron chi connectivity index (χ1n) is 6.00. The third-order valence-electron chi connectivity index (χ3n) is 2.25. The van der Waals surface area contributed by atoms with Crippen LogP contribution in [0.3, 0.4) is 0 Å². The standard InChI is InChI=1S/C15H20O3/c1-13-10-14(2)12-15(11-13)4-5-17-8-9-18-7-6-16-3/h10-12H,6-9H2,1-3H3. The molecule has 3 heteroatoms. The van der Waals surface area contributed by atoms with Gasteiger partial charge in [-0.05, 0) is 43.0 Å². The van der Waals surface area contributed by atoms with Crippen LogP contribution >= 0.6 is 0 Å². The van der Waals surface area contributed by atoms with Crippen molar-refractivity contribution in [2.75, 3.05) is 33.5 Å². The summed E-state index contributed by atoms with van der Waals surface area (Å²) < 4.78 is 15.3. The van der Waals surface area contributed by atoms with Crippen LogP contribution in [0.4, 0.5) is 0 Å². The van der Waals surface area contributed by atoms with Crippen molar-refractivity contribution in [2.24, 2.45) is 0 Å². The fourth-order valence-electron chi connectivity index (χ4n) is 1.54. The minimum absolute atomic E-state index is 0.474. The number of benzene rings is 1. The average Bonchev–Trinajstić information content (AvgIpc) is 2.31. The molecule has 0 bridgehead atoms. The zero-order valence-corrected chi connectivity index (χ0v) is 11.3. The second kappa shape index (κ2) is 8.57. The van der Waals surface area contributed by atoms with Crippen LogP contribution in [-0.2, 0) is 14.2 Å². The molecular weight excluding hydrogens is 228 g/mol. The Bertz CT molecular complexity index is 395. The molecule has 0 spiro atoms. The topological polar surface area (TPSA) is 27.7 Å². The molecule has 18 heavy (non-hydrogen) atoms. The molecule has 1 rings (SSSR count). The molecule has 0 aromatic heterocycles. The van der Waals surface area contributed by atoms with Gasteiger partial charge in [-0.15, -0.1) is 0 Å². The molecule has 0 aliphatic rings. The lowest BCUT2D eigenvalue weighted by atomic mass is 10.1. The van der Waals surface area contributed by atoms with E-state index in [9.17, 15) is 0 Å². The molecule has 0 atom stereocenters. The number of hydrogen-bond acceptors (Lipinski definition) is 3.